The first-order valence-electron chi connectivity index (χ1n) is 5.93. The molecule has 4 heteroatoms. The molecule has 1 aliphatic rings. The van der Waals surface area contributed by atoms with E-state index in [-0.39, 0.29) is 0 Å². The Balaban J connectivity index is 1.88. The van der Waals surface area contributed by atoms with Crippen molar-refractivity contribution in [3.63, 3.8) is 0 Å². The summed E-state index contributed by atoms with van der Waals surface area (Å²) < 4.78 is 0. The Morgan fingerprint density at radius 1 is 1.56 bits per heavy atom. The second-order valence-corrected chi connectivity index (χ2v) is 6.71. The van der Waals surface area contributed by atoms with Crippen molar-refractivity contribution >= 4 is 23.1 Å². The van der Waals surface area contributed by atoms with Crippen LogP contribution < -0.4 is 11.3 Å². The molecule has 1 unspecified atom stereocenters. The molecule has 1 atom stereocenters. The average molecular weight is 256 g/mol. The highest BCUT2D eigenvalue weighted by atomic mass is 32.2. The summed E-state index contributed by atoms with van der Waals surface area (Å²) in [5, 5.41) is 3.02. The van der Waals surface area contributed by atoms with Crippen molar-refractivity contribution in [3.05, 3.63) is 21.9 Å². The molecular formula is C12H20N2S2. The zero-order valence-electron chi connectivity index (χ0n) is 9.74. The van der Waals surface area contributed by atoms with E-state index >= 15 is 0 Å². The first kappa shape index (κ1) is 12.4. The van der Waals surface area contributed by atoms with Crippen LogP contribution in [-0.4, -0.2) is 11.0 Å². The quantitative estimate of drug-likeness (QED) is 0.627. The predicted molar refractivity (Wildman–Crippen MR) is 73.8 cm³/mol. The number of hydrogen-bond donors (Lipinski definition) is 2. The lowest BCUT2D eigenvalue weighted by Crippen LogP contribution is -2.30. The summed E-state index contributed by atoms with van der Waals surface area (Å²) >= 11 is 3.90. The molecule has 1 heterocycles. The number of aryl methyl sites for hydroxylation is 1. The van der Waals surface area contributed by atoms with Gasteiger partial charge in [0.15, 0.2) is 0 Å². The Morgan fingerprint density at radius 3 is 2.88 bits per heavy atom. The summed E-state index contributed by atoms with van der Waals surface area (Å²) in [6.07, 6.45) is 5.61. The second kappa shape index (κ2) is 6.05. The van der Waals surface area contributed by atoms with Gasteiger partial charge in [0.25, 0.3) is 0 Å². The van der Waals surface area contributed by atoms with Crippen LogP contribution in [0.25, 0.3) is 0 Å². The Hall–Kier alpha value is -0.0300. The number of thiophene rings is 1. The van der Waals surface area contributed by atoms with Gasteiger partial charge in [-0.2, -0.15) is 11.8 Å². The van der Waals surface area contributed by atoms with Crippen LogP contribution in [0, 0.1) is 6.92 Å². The Morgan fingerprint density at radius 2 is 2.31 bits per heavy atom. The molecule has 2 rings (SSSR count). The van der Waals surface area contributed by atoms with Crippen LogP contribution >= 0.6 is 23.1 Å². The van der Waals surface area contributed by atoms with Crippen LogP contribution in [0.15, 0.2) is 11.4 Å². The lowest BCUT2D eigenvalue weighted by atomic mass is 10.2. The van der Waals surface area contributed by atoms with E-state index in [0.29, 0.717) is 6.04 Å². The van der Waals surface area contributed by atoms with Gasteiger partial charge in [-0.25, -0.2) is 0 Å². The van der Waals surface area contributed by atoms with Gasteiger partial charge in [-0.3, -0.25) is 11.3 Å². The lowest BCUT2D eigenvalue weighted by molar-refractivity contribution is 0.616. The van der Waals surface area contributed by atoms with Gasteiger partial charge in [0.1, 0.15) is 0 Å². The van der Waals surface area contributed by atoms with Crippen LogP contribution in [0.4, 0.5) is 0 Å². The minimum Gasteiger partial charge on any atom is -0.271 e. The van der Waals surface area contributed by atoms with Gasteiger partial charge >= 0.3 is 0 Å². The molecule has 90 valence electrons. The molecule has 2 nitrogen and oxygen atoms in total. The zero-order chi connectivity index (χ0) is 11.4. The van der Waals surface area contributed by atoms with Crippen LogP contribution in [-0.2, 0) is 0 Å². The number of hydrogen-bond acceptors (Lipinski definition) is 4. The molecule has 0 amide bonds. The number of nitrogens with two attached hydrogens (primary N) is 1. The third-order valence-electron chi connectivity index (χ3n) is 3.22. The lowest BCUT2D eigenvalue weighted by Gasteiger charge is -2.17. The van der Waals surface area contributed by atoms with Crippen molar-refractivity contribution in [2.75, 3.05) is 5.75 Å². The third-order valence-corrected chi connectivity index (χ3v) is 5.82. The third kappa shape index (κ3) is 3.00. The fourth-order valence-corrected chi connectivity index (χ4v) is 4.72. The summed E-state index contributed by atoms with van der Waals surface area (Å²) in [4.78, 5) is 1.40. The van der Waals surface area contributed by atoms with E-state index in [1.54, 1.807) is 0 Å². The summed E-state index contributed by atoms with van der Waals surface area (Å²) in [5.74, 6) is 6.76. The molecule has 0 bridgehead atoms. The van der Waals surface area contributed by atoms with Crippen molar-refractivity contribution < 1.29 is 0 Å². The smallest absolute Gasteiger partial charge is 0.0646 e. The van der Waals surface area contributed by atoms with Gasteiger partial charge in [-0.15, -0.1) is 11.3 Å². The van der Waals surface area contributed by atoms with Crippen LogP contribution in [0.5, 0.6) is 0 Å². The first-order chi connectivity index (χ1) is 7.81. The number of thioether (sulfide) groups is 1. The molecule has 0 radical (unpaired) electrons. The van der Waals surface area contributed by atoms with Crippen LogP contribution in [0.3, 0.4) is 0 Å². The highest BCUT2D eigenvalue weighted by Crippen LogP contribution is 2.33. The standard InChI is InChI=1S/C12H20N2S2/c1-9-6-7-15-12(9)11(14-13)8-16-10-4-2-3-5-10/h6-7,10-11,14H,2-5,8,13H2,1H3. The van der Waals surface area contributed by atoms with E-state index in [2.05, 4.69) is 35.6 Å². The maximum atomic E-state index is 5.66. The number of hydrazine groups is 1. The van der Waals surface area contributed by atoms with E-state index in [1.165, 1.54) is 36.1 Å². The molecule has 1 aromatic rings. The maximum Gasteiger partial charge on any atom is 0.0646 e. The Bertz CT molecular complexity index is 319. The van der Waals surface area contributed by atoms with Gasteiger partial charge in [-0.1, -0.05) is 12.8 Å². The van der Waals surface area contributed by atoms with Crippen molar-refractivity contribution in [1.82, 2.24) is 5.43 Å². The average Bonchev–Trinajstić information content (AvgIpc) is 2.92. The van der Waals surface area contributed by atoms with Crippen molar-refractivity contribution in [2.24, 2.45) is 5.84 Å². The first-order valence-corrected chi connectivity index (χ1v) is 7.86. The van der Waals surface area contributed by atoms with E-state index in [4.69, 9.17) is 5.84 Å². The summed E-state index contributed by atoms with van der Waals surface area (Å²) in [7, 11) is 0. The molecule has 16 heavy (non-hydrogen) atoms. The Labute approximate surface area is 106 Å². The largest absolute Gasteiger partial charge is 0.271 e. The molecule has 1 saturated carbocycles. The molecule has 1 fully saturated rings. The zero-order valence-corrected chi connectivity index (χ0v) is 11.4. The fourth-order valence-electron chi connectivity index (χ4n) is 2.23. The normalized spacial score (nSPS) is 19.1. The topological polar surface area (TPSA) is 38.0 Å². The predicted octanol–water partition coefficient (Wildman–Crippen LogP) is 3.24. The van der Waals surface area contributed by atoms with E-state index < -0.39 is 0 Å². The maximum absolute atomic E-state index is 5.66. The van der Waals surface area contributed by atoms with E-state index in [9.17, 15) is 0 Å². The molecular weight excluding hydrogens is 236 g/mol. The van der Waals surface area contributed by atoms with Crippen LogP contribution in [0.1, 0.15) is 42.2 Å². The van der Waals surface area contributed by atoms with E-state index in [0.717, 1.165) is 11.0 Å². The van der Waals surface area contributed by atoms with Gasteiger partial charge < -0.3 is 0 Å². The summed E-state index contributed by atoms with van der Waals surface area (Å²) in [6.45, 7) is 2.16. The second-order valence-electron chi connectivity index (χ2n) is 4.43. The SMILES string of the molecule is Cc1ccsc1C(CSC1CCCC1)NN. The van der Waals surface area contributed by atoms with Crippen molar-refractivity contribution in [2.45, 2.75) is 43.9 Å². The molecule has 1 aliphatic carbocycles. The minimum atomic E-state index is 0.325. The molecule has 0 spiro atoms. The number of nitrogens with one attached hydrogen (secondary N) is 1. The van der Waals surface area contributed by atoms with Gasteiger partial charge in [0.2, 0.25) is 0 Å². The Kier molecular flexibility index (Phi) is 4.70. The monoisotopic (exact) mass is 256 g/mol. The van der Waals surface area contributed by atoms with Gasteiger partial charge in [-0.05, 0) is 36.8 Å². The molecule has 0 saturated heterocycles. The van der Waals surface area contributed by atoms with Crippen molar-refractivity contribution in [1.29, 1.82) is 0 Å². The van der Waals surface area contributed by atoms with Gasteiger partial charge in [0.05, 0.1) is 6.04 Å². The molecule has 0 aliphatic heterocycles. The fraction of sp³-hybridized carbons (Fsp3) is 0.667. The van der Waals surface area contributed by atoms with E-state index in [1.807, 2.05) is 11.3 Å². The molecule has 0 aromatic carbocycles. The minimum absolute atomic E-state index is 0.325. The highest BCUT2D eigenvalue weighted by molar-refractivity contribution is 7.99. The highest BCUT2D eigenvalue weighted by Gasteiger charge is 2.19. The number of rotatable bonds is 5. The summed E-state index contributed by atoms with van der Waals surface area (Å²) in [6, 6.07) is 2.50. The van der Waals surface area contributed by atoms with Crippen LogP contribution in [0.2, 0.25) is 0 Å². The summed E-state index contributed by atoms with van der Waals surface area (Å²) in [5.41, 5.74) is 4.32. The van der Waals surface area contributed by atoms with Crippen molar-refractivity contribution in [3.8, 4) is 0 Å². The molecule has 3 N–H and O–H groups in total. The van der Waals surface area contributed by atoms with Gasteiger partial charge in [0, 0.05) is 15.9 Å². The molecule has 1 aromatic heterocycles.